The number of carbonyl (C=O) groups excluding carboxylic acids is 2. The van der Waals surface area contributed by atoms with E-state index < -0.39 is 0 Å². The highest BCUT2D eigenvalue weighted by atomic mass is 16.7. The summed E-state index contributed by atoms with van der Waals surface area (Å²) in [7, 11) is 0. The van der Waals surface area contributed by atoms with Gasteiger partial charge in [-0.05, 0) is 38.1 Å². The van der Waals surface area contributed by atoms with E-state index in [1.165, 1.54) is 0 Å². The fraction of sp³-hybridized carbons (Fsp3) is 0.467. The summed E-state index contributed by atoms with van der Waals surface area (Å²) in [6, 6.07) is 6.80. The highest BCUT2D eigenvalue weighted by molar-refractivity contribution is 6.20. The first kappa shape index (κ1) is 14.7. The summed E-state index contributed by atoms with van der Waals surface area (Å²) >= 11 is 0. The molecular weight excluding hydrogens is 256 g/mol. The van der Waals surface area contributed by atoms with Crippen LogP contribution in [0.25, 0.3) is 0 Å². The third-order valence-corrected chi connectivity index (χ3v) is 3.30. The van der Waals surface area contributed by atoms with Gasteiger partial charge in [-0.15, -0.1) is 5.06 Å². The molecule has 0 spiro atoms. The summed E-state index contributed by atoms with van der Waals surface area (Å²) in [6.45, 7) is 5.71. The number of carbonyl (C=O) groups is 2. The largest absolute Gasteiger partial charge is 0.317 e. The normalized spacial score (nSPS) is 18.6. The van der Waals surface area contributed by atoms with Crippen molar-refractivity contribution in [1.82, 2.24) is 10.4 Å². The molecule has 2 amide bonds. The van der Waals surface area contributed by atoms with Gasteiger partial charge in [0.25, 0.3) is 11.8 Å². The summed E-state index contributed by atoms with van der Waals surface area (Å²) in [5.41, 5.74) is 0.855. The minimum absolute atomic E-state index is 0.0616. The lowest BCUT2D eigenvalue weighted by Gasteiger charge is -2.25. The van der Waals surface area contributed by atoms with Crippen LogP contribution < -0.4 is 5.32 Å². The van der Waals surface area contributed by atoms with Crippen LogP contribution in [-0.2, 0) is 4.84 Å². The van der Waals surface area contributed by atoms with Crippen LogP contribution in [0.4, 0.5) is 0 Å². The molecule has 1 saturated heterocycles. The lowest BCUT2D eigenvalue weighted by molar-refractivity contribution is -0.138. The number of piperidine rings is 1. The number of hydroxylamine groups is 2. The van der Waals surface area contributed by atoms with E-state index >= 15 is 0 Å². The highest BCUT2D eigenvalue weighted by Crippen LogP contribution is 2.24. The molecule has 0 aliphatic carbocycles. The molecule has 1 aromatic rings. The Kier molecular flexibility index (Phi) is 4.87. The third kappa shape index (κ3) is 2.73. The second kappa shape index (κ2) is 6.63. The first-order valence-corrected chi connectivity index (χ1v) is 7.12. The van der Waals surface area contributed by atoms with Gasteiger partial charge >= 0.3 is 0 Å². The van der Waals surface area contributed by atoms with Crippen molar-refractivity contribution in [2.45, 2.75) is 32.8 Å². The minimum atomic E-state index is -0.353. The Morgan fingerprint density at radius 3 is 2.05 bits per heavy atom. The first-order chi connectivity index (χ1) is 9.77. The number of hydrogen-bond acceptors (Lipinski definition) is 4. The Morgan fingerprint density at radius 1 is 1.05 bits per heavy atom. The predicted molar refractivity (Wildman–Crippen MR) is 75.3 cm³/mol. The zero-order valence-corrected chi connectivity index (χ0v) is 11.9. The number of amides is 2. The van der Waals surface area contributed by atoms with Gasteiger partial charge in [0.1, 0.15) is 0 Å². The average Bonchev–Trinajstić information content (AvgIpc) is 2.76. The summed E-state index contributed by atoms with van der Waals surface area (Å²) in [5, 5.41) is 4.13. The Balaban J connectivity index is 0.000000704. The Hall–Kier alpha value is -1.72. The summed E-state index contributed by atoms with van der Waals surface area (Å²) in [4.78, 5) is 29.6. The maximum Gasteiger partial charge on any atom is 0.285 e. The van der Waals surface area contributed by atoms with Crippen LogP contribution >= 0.6 is 0 Å². The second-order valence-corrected chi connectivity index (χ2v) is 4.51. The summed E-state index contributed by atoms with van der Waals surface area (Å²) < 4.78 is 0. The SMILES string of the molecule is CC.O=C1c2ccccc2C(=O)N1OC1CCNCC1. The van der Waals surface area contributed by atoms with E-state index in [9.17, 15) is 9.59 Å². The van der Waals surface area contributed by atoms with Crippen molar-refractivity contribution in [3.63, 3.8) is 0 Å². The van der Waals surface area contributed by atoms with Crippen molar-refractivity contribution in [3.8, 4) is 0 Å². The molecule has 1 aromatic carbocycles. The number of benzene rings is 1. The van der Waals surface area contributed by atoms with Crippen molar-refractivity contribution < 1.29 is 14.4 Å². The fourth-order valence-corrected chi connectivity index (χ4v) is 2.31. The molecule has 5 heteroatoms. The average molecular weight is 276 g/mol. The molecule has 1 N–H and O–H groups in total. The Morgan fingerprint density at radius 2 is 1.55 bits per heavy atom. The van der Waals surface area contributed by atoms with Crippen LogP contribution in [0.5, 0.6) is 0 Å². The third-order valence-electron chi connectivity index (χ3n) is 3.30. The van der Waals surface area contributed by atoms with Gasteiger partial charge in [0.15, 0.2) is 0 Å². The van der Waals surface area contributed by atoms with Crippen LogP contribution in [0.15, 0.2) is 24.3 Å². The van der Waals surface area contributed by atoms with Gasteiger partial charge in [0.2, 0.25) is 0 Å². The molecule has 2 aliphatic rings. The van der Waals surface area contributed by atoms with Gasteiger partial charge in [0, 0.05) is 0 Å². The number of nitrogens with one attached hydrogen (secondary N) is 1. The lowest BCUT2D eigenvalue weighted by Crippen LogP contribution is -2.40. The maximum absolute atomic E-state index is 12.0. The van der Waals surface area contributed by atoms with Crippen LogP contribution in [0, 0.1) is 0 Å². The van der Waals surface area contributed by atoms with Gasteiger partial charge in [-0.1, -0.05) is 26.0 Å². The van der Waals surface area contributed by atoms with Crippen LogP contribution in [0.1, 0.15) is 47.4 Å². The van der Waals surface area contributed by atoms with Crippen molar-refractivity contribution in [2.24, 2.45) is 0 Å². The van der Waals surface area contributed by atoms with Gasteiger partial charge in [-0.3, -0.25) is 14.4 Å². The van der Waals surface area contributed by atoms with E-state index in [2.05, 4.69) is 5.32 Å². The van der Waals surface area contributed by atoms with E-state index in [0.717, 1.165) is 31.0 Å². The number of fused-ring (bicyclic) bond motifs is 1. The van der Waals surface area contributed by atoms with Gasteiger partial charge in [-0.2, -0.15) is 0 Å². The van der Waals surface area contributed by atoms with Gasteiger partial charge in [-0.25, -0.2) is 0 Å². The summed E-state index contributed by atoms with van der Waals surface area (Å²) in [6.07, 6.45) is 1.56. The quantitative estimate of drug-likeness (QED) is 0.839. The molecule has 0 saturated carbocycles. The Bertz CT molecular complexity index is 461. The second-order valence-electron chi connectivity index (χ2n) is 4.51. The highest BCUT2D eigenvalue weighted by Gasteiger charge is 2.38. The molecule has 0 atom stereocenters. The molecule has 0 radical (unpaired) electrons. The van der Waals surface area contributed by atoms with E-state index in [1.807, 2.05) is 13.8 Å². The van der Waals surface area contributed by atoms with Crippen LogP contribution in [0.3, 0.4) is 0 Å². The zero-order valence-electron chi connectivity index (χ0n) is 11.9. The Labute approximate surface area is 118 Å². The van der Waals surface area contributed by atoms with Crippen molar-refractivity contribution >= 4 is 11.8 Å². The number of hydrogen-bond donors (Lipinski definition) is 1. The number of imide groups is 1. The van der Waals surface area contributed by atoms with Crippen molar-refractivity contribution in [1.29, 1.82) is 0 Å². The lowest BCUT2D eigenvalue weighted by atomic mass is 10.1. The maximum atomic E-state index is 12.0. The van der Waals surface area contributed by atoms with E-state index in [0.29, 0.717) is 11.1 Å². The van der Waals surface area contributed by atoms with Crippen molar-refractivity contribution in [2.75, 3.05) is 13.1 Å². The minimum Gasteiger partial charge on any atom is -0.317 e. The van der Waals surface area contributed by atoms with Gasteiger partial charge in [0.05, 0.1) is 17.2 Å². The molecule has 20 heavy (non-hydrogen) atoms. The molecule has 108 valence electrons. The van der Waals surface area contributed by atoms with E-state index in [4.69, 9.17) is 4.84 Å². The van der Waals surface area contributed by atoms with Crippen molar-refractivity contribution in [3.05, 3.63) is 35.4 Å². The van der Waals surface area contributed by atoms with E-state index in [-0.39, 0.29) is 17.9 Å². The molecule has 0 bridgehead atoms. The first-order valence-electron chi connectivity index (χ1n) is 7.12. The fourth-order valence-electron chi connectivity index (χ4n) is 2.31. The number of nitrogens with zero attached hydrogens (tertiary/aromatic N) is 1. The molecule has 1 fully saturated rings. The topological polar surface area (TPSA) is 58.6 Å². The predicted octanol–water partition coefficient (Wildman–Crippen LogP) is 1.99. The monoisotopic (exact) mass is 276 g/mol. The molecule has 5 nitrogen and oxygen atoms in total. The zero-order chi connectivity index (χ0) is 14.5. The van der Waals surface area contributed by atoms with Crippen LogP contribution in [-0.4, -0.2) is 36.1 Å². The standard InChI is InChI=1S/C13H14N2O3.C2H6/c16-12-10-3-1-2-4-11(10)13(17)15(12)18-9-5-7-14-8-6-9;1-2/h1-4,9,14H,5-8H2;1-2H3. The van der Waals surface area contributed by atoms with Gasteiger partial charge < -0.3 is 5.32 Å². The molecule has 3 rings (SSSR count). The number of rotatable bonds is 2. The molecular formula is C15H20N2O3. The molecule has 0 unspecified atom stereocenters. The van der Waals surface area contributed by atoms with E-state index in [1.54, 1.807) is 24.3 Å². The summed E-state index contributed by atoms with van der Waals surface area (Å²) in [5.74, 6) is -0.705. The molecule has 0 aromatic heterocycles. The smallest absolute Gasteiger partial charge is 0.285 e. The molecule has 2 aliphatic heterocycles. The van der Waals surface area contributed by atoms with Crippen LogP contribution in [0.2, 0.25) is 0 Å². The molecule has 2 heterocycles.